The molecule has 0 aliphatic carbocycles. The van der Waals surface area contributed by atoms with Gasteiger partial charge in [-0.2, -0.15) is 0 Å². The number of nitrogens with zero attached hydrogens (tertiary/aromatic N) is 1. The Balaban J connectivity index is 1.66. The van der Waals surface area contributed by atoms with Crippen LogP contribution in [-0.2, 0) is 23.0 Å². The van der Waals surface area contributed by atoms with Gasteiger partial charge in [-0.3, -0.25) is 4.31 Å². The van der Waals surface area contributed by atoms with Gasteiger partial charge in [0, 0.05) is 23.8 Å². The number of hydrogen-bond acceptors (Lipinski definition) is 3. The van der Waals surface area contributed by atoms with Crippen molar-refractivity contribution in [2.75, 3.05) is 22.4 Å². The molecule has 0 unspecified atom stereocenters. The van der Waals surface area contributed by atoms with E-state index >= 15 is 0 Å². The van der Waals surface area contributed by atoms with Crippen LogP contribution in [-0.4, -0.2) is 27.2 Å². The van der Waals surface area contributed by atoms with Gasteiger partial charge in [0.25, 0.3) is 0 Å². The summed E-state index contributed by atoms with van der Waals surface area (Å²) in [5, 5.41) is 6.17. The lowest BCUT2D eigenvalue weighted by Gasteiger charge is -2.29. The van der Waals surface area contributed by atoms with Crippen LogP contribution in [0.1, 0.15) is 17.5 Å². The molecule has 8 heteroatoms. The molecule has 1 aliphatic heterocycles. The van der Waals surface area contributed by atoms with Crippen LogP contribution in [0.2, 0.25) is 5.02 Å². The lowest BCUT2D eigenvalue weighted by molar-refractivity contribution is 0.251. The first-order chi connectivity index (χ1) is 12.3. The Morgan fingerprint density at radius 1 is 1.23 bits per heavy atom. The van der Waals surface area contributed by atoms with E-state index in [1.165, 1.54) is 10.6 Å². The molecule has 1 heterocycles. The number of fused-ring (bicyclic) bond motifs is 1. The number of rotatable bonds is 4. The summed E-state index contributed by atoms with van der Waals surface area (Å²) in [6.45, 7) is 0.845. The largest absolute Gasteiger partial charge is 0.334 e. The number of benzene rings is 2. The predicted octanol–water partition coefficient (Wildman–Crippen LogP) is 3.37. The van der Waals surface area contributed by atoms with E-state index in [4.69, 9.17) is 11.6 Å². The van der Waals surface area contributed by atoms with Crippen molar-refractivity contribution < 1.29 is 13.2 Å². The number of hydrogen-bond donors (Lipinski definition) is 2. The van der Waals surface area contributed by atoms with Crippen LogP contribution < -0.4 is 14.9 Å². The van der Waals surface area contributed by atoms with E-state index < -0.39 is 10.0 Å². The molecule has 2 aromatic rings. The van der Waals surface area contributed by atoms with E-state index in [0.717, 1.165) is 24.0 Å². The Morgan fingerprint density at radius 3 is 2.77 bits per heavy atom. The van der Waals surface area contributed by atoms with Crippen molar-refractivity contribution in [3.05, 3.63) is 58.6 Å². The van der Waals surface area contributed by atoms with Crippen molar-refractivity contribution in [1.82, 2.24) is 5.32 Å². The zero-order valence-corrected chi connectivity index (χ0v) is 15.9. The van der Waals surface area contributed by atoms with Gasteiger partial charge < -0.3 is 10.6 Å². The summed E-state index contributed by atoms with van der Waals surface area (Å²) in [7, 11) is -3.30. The number of carbonyl (C=O) groups is 1. The second-order valence-electron chi connectivity index (χ2n) is 6.22. The smallest absolute Gasteiger partial charge is 0.319 e. The van der Waals surface area contributed by atoms with Gasteiger partial charge in [-0.15, -0.1) is 0 Å². The van der Waals surface area contributed by atoms with E-state index in [9.17, 15) is 13.2 Å². The first-order valence-electron chi connectivity index (χ1n) is 8.23. The second kappa shape index (κ2) is 7.55. The molecule has 0 aromatic heterocycles. The number of sulfonamides is 1. The molecule has 6 nitrogen and oxygen atoms in total. The molecule has 0 saturated heterocycles. The van der Waals surface area contributed by atoms with Gasteiger partial charge in [-0.05, 0) is 54.3 Å². The summed E-state index contributed by atoms with van der Waals surface area (Å²) in [5.74, 6) is 0. The topological polar surface area (TPSA) is 78.5 Å². The summed E-state index contributed by atoms with van der Waals surface area (Å²) in [6, 6.07) is 12.2. The zero-order chi connectivity index (χ0) is 18.7. The van der Waals surface area contributed by atoms with Crippen LogP contribution in [0.25, 0.3) is 0 Å². The average molecular weight is 394 g/mol. The first-order valence-corrected chi connectivity index (χ1v) is 10.5. The summed E-state index contributed by atoms with van der Waals surface area (Å²) < 4.78 is 25.2. The standard InChI is InChI=1S/C18H20ClN3O3S/c1-26(24,25)22-9-3-5-14-11-16(7-8-17(14)22)21-18(23)20-12-13-4-2-6-15(19)10-13/h2,4,6-8,10-11H,3,5,9,12H2,1H3,(H2,20,21,23). The molecule has 3 rings (SSSR count). The van der Waals surface area contributed by atoms with E-state index in [1.807, 2.05) is 18.2 Å². The number of carbonyl (C=O) groups excluding carboxylic acids is 1. The van der Waals surface area contributed by atoms with E-state index in [1.54, 1.807) is 24.3 Å². The van der Waals surface area contributed by atoms with Crippen LogP contribution in [0, 0.1) is 0 Å². The number of nitrogens with one attached hydrogen (secondary N) is 2. The SMILES string of the molecule is CS(=O)(=O)N1CCCc2cc(NC(=O)NCc3cccc(Cl)c3)ccc21. The Hall–Kier alpha value is -2.25. The molecule has 0 saturated carbocycles. The maximum atomic E-state index is 12.1. The van der Waals surface area contributed by atoms with Crippen LogP contribution in [0.5, 0.6) is 0 Å². The second-order valence-corrected chi connectivity index (χ2v) is 8.56. The normalized spacial score (nSPS) is 13.8. The molecule has 138 valence electrons. The number of aryl methyl sites for hydroxylation is 1. The third-order valence-electron chi connectivity index (χ3n) is 4.16. The first kappa shape index (κ1) is 18.5. The van der Waals surface area contributed by atoms with Crippen LogP contribution >= 0.6 is 11.6 Å². The minimum Gasteiger partial charge on any atom is -0.334 e. The van der Waals surface area contributed by atoms with Crippen molar-refractivity contribution in [2.45, 2.75) is 19.4 Å². The maximum absolute atomic E-state index is 12.1. The number of anilines is 2. The van der Waals surface area contributed by atoms with Crippen molar-refractivity contribution in [2.24, 2.45) is 0 Å². The van der Waals surface area contributed by atoms with Gasteiger partial charge in [-0.25, -0.2) is 13.2 Å². The number of urea groups is 1. The molecular formula is C18H20ClN3O3S. The predicted molar refractivity (Wildman–Crippen MR) is 104 cm³/mol. The van der Waals surface area contributed by atoms with Gasteiger partial charge in [0.05, 0.1) is 11.9 Å². The van der Waals surface area contributed by atoms with Gasteiger partial charge >= 0.3 is 6.03 Å². The summed E-state index contributed by atoms with van der Waals surface area (Å²) >= 11 is 5.93. The van der Waals surface area contributed by atoms with Crippen LogP contribution in [0.4, 0.5) is 16.2 Å². The fourth-order valence-corrected chi connectivity index (χ4v) is 4.20. The Bertz CT molecular complexity index is 931. The van der Waals surface area contributed by atoms with Crippen molar-refractivity contribution in [3.8, 4) is 0 Å². The summed E-state index contributed by atoms with van der Waals surface area (Å²) in [5.41, 5.74) is 3.13. The fourth-order valence-electron chi connectivity index (χ4n) is 2.99. The minimum absolute atomic E-state index is 0.333. The van der Waals surface area contributed by atoms with Crippen molar-refractivity contribution in [3.63, 3.8) is 0 Å². The maximum Gasteiger partial charge on any atom is 0.319 e. The molecule has 2 N–H and O–H groups in total. The molecule has 2 aromatic carbocycles. The lowest BCUT2D eigenvalue weighted by Crippen LogP contribution is -2.34. The van der Waals surface area contributed by atoms with E-state index in [-0.39, 0.29) is 6.03 Å². The van der Waals surface area contributed by atoms with Gasteiger partial charge in [0.2, 0.25) is 10.0 Å². The Labute approximate surface area is 158 Å². The van der Waals surface area contributed by atoms with Crippen molar-refractivity contribution >= 4 is 39.0 Å². The average Bonchev–Trinajstić information content (AvgIpc) is 2.58. The molecule has 1 aliphatic rings. The molecule has 0 radical (unpaired) electrons. The molecule has 0 spiro atoms. The Kier molecular flexibility index (Phi) is 5.38. The third kappa shape index (κ3) is 4.47. The van der Waals surface area contributed by atoms with E-state index in [2.05, 4.69) is 10.6 Å². The van der Waals surface area contributed by atoms with Crippen molar-refractivity contribution in [1.29, 1.82) is 0 Å². The molecule has 2 amide bonds. The number of halogens is 1. The molecular weight excluding hydrogens is 374 g/mol. The Morgan fingerprint density at radius 2 is 2.04 bits per heavy atom. The lowest BCUT2D eigenvalue weighted by atomic mass is 10.0. The molecule has 0 fully saturated rings. The van der Waals surface area contributed by atoms with Gasteiger partial charge in [0.15, 0.2) is 0 Å². The molecule has 26 heavy (non-hydrogen) atoms. The number of amides is 2. The highest BCUT2D eigenvalue weighted by Gasteiger charge is 2.24. The van der Waals surface area contributed by atoms with E-state index in [0.29, 0.717) is 29.5 Å². The van der Waals surface area contributed by atoms with Gasteiger partial charge in [-0.1, -0.05) is 23.7 Å². The zero-order valence-electron chi connectivity index (χ0n) is 14.3. The fraction of sp³-hybridized carbons (Fsp3) is 0.278. The highest BCUT2D eigenvalue weighted by Crippen LogP contribution is 2.31. The minimum atomic E-state index is -3.30. The summed E-state index contributed by atoms with van der Waals surface area (Å²) in [6.07, 6.45) is 2.74. The van der Waals surface area contributed by atoms with Gasteiger partial charge in [0.1, 0.15) is 0 Å². The third-order valence-corrected chi connectivity index (χ3v) is 5.57. The van der Waals surface area contributed by atoms with Crippen LogP contribution in [0.15, 0.2) is 42.5 Å². The van der Waals surface area contributed by atoms with Crippen LogP contribution in [0.3, 0.4) is 0 Å². The quantitative estimate of drug-likeness (QED) is 0.835. The summed E-state index contributed by atoms with van der Waals surface area (Å²) in [4.78, 5) is 12.1. The monoisotopic (exact) mass is 393 g/mol. The molecule has 0 bridgehead atoms. The highest BCUT2D eigenvalue weighted by molar-refractivity contribution is 7.92. The highest BCUT2D eigenvalue weighted by atomic mass is 35.5. The molecule has 0 atom stereocenters.